The van der Waals surface area contributed by atoms with Gasteiger partial charge in [-0.1, -0.05) is 22.0 Å². The number of hydrogen-bond donors (Lipinski definition) is 2. The fraction of sp³-hybridized carbons (Fsp3) is 0.600. The Balaban J connectivity index is 1.27. The van der Waals surface area contributed by atoms with Crippen LogP contribution in [0.3, 0.4) is 0 Å². The molecule has 2 aliphatic carbocycles. The predicted octanol–water partition coefficient (Wildman–Crippen LogP) is 5.64. The van der Waals surface area contributed by atoms with E-state index in [4.69, 9.17) is 9.97 Å². The number of nitrogens with one attached hydrogen (secondary N) is 2. The molecule has 192 valence electrons. The first-order valence-corrected chi connectivity index (χ1v) is 13.1. The zero-order valence-electron chi connectivity index (χ0n) is 20.2. The van der Waals surface area contributed by atoms with Crippen LogP contribution in [-0.4, -0.2) is 49.1 Å². The van der Waals surface area contributed by atoms with Crippen molar-refractivity contribution in [3.05, 3.63) is 39.5 Å². The Kier molecular flexibility index (Phi) is 8.42. The van der Waals surface area contributed by atoms with Gasteiger partial charge in [0.2, 0.25) is 5.95 Å². The summed E-state index contributed by atoms with van der Waals surface area (Å²) in [5.41, 5.74) is 3.00. The zero-order chi connectivity index (χ0) is 25.0. The van der Waals surface area contributed by atoms with E-state index < -0.39 is 6.36 Å². The van der Waals surface area contributed by atoms with Crippen molar-refractivity contribution in [3.63, 3.8) is 0 Å². The number of alkyl halides is 3. The van der Waals surface area contributed by atoms with Gasteiger partial charge in [0.05, 0.1) is 5.69 Å². The lowest BCUT2D eigenvalue weighted by molar-refractivity contribution is -0.274. The number of rotatable bonds is 8. The summed E-state index contributed by atoms with van der Waals surface area (Å²) in [7, 11) is 4.06. The number of anilines is 2. The lowest BCUT2D eigenvalue weighted by atomic mass is 9.91. The monoisotopic (exact) mass is 555 g/mol. The first-order valence-electron chi connectivity index (χ1n) is 12.3. The molecule has 4 rings (SSSR count). The van der Waals surface area contributed by atoms with Gasteiger partial charge in [-0.15, -0.1) is 13.2 Å². The molecule has 1 fully saturated rings. The summed E-state index contributed by atoms with van der Waals surface area (Å²) in [6, 6.07) is 5.44. The Hall–Kier alpha value is -2.07. The van der Waals surface area contributed by atoms with E-state index >= 15 is 0 Å². The molecule has 0 radical (unpaired) electrons. The van der Waals surface area contributed by atoms with Gasteiger partial charge in [0.15, 0.2) is 0 Å². The van der Waals surface area contributed by atoms with E-state index in [2.05, 4.69) is 36.2 Å². The van der Waals surface area contributed by atoms with Crippen LogP contribution in [0, 0.1) is 0 Å². The van der Waals surface area contributed by atoms with Crippen LogP contribution in [0.2, 0.25) is 0 Å². The average molecular weight is 556 g/mol. The van der Waals surface area contributed by atoms with Crippen LogP contribution in [-0.2, 0) is 19.3 Å². The van der Waals surface area contributed by atoms with E-state index in [-0.39, 0.29) is 5.75 Å². The Morgan fingerprint density at radius 1 is 1.06 bits per heavy atom. The number of benzene rings is 1. The minimum atomic E-state index is -4.70. The Morgan fingerprint density at radius 3 is 2.49 bits per heavy atom. The van der Waals surface area contributed by atoms with E-state index in [1.807, 2.05) is 14.1 Å². The summed E-state index contributed by atoms with van der Waals surface area (Å²) in [6.45, 7) is 0.596. The van der Waals surface area contributed by atoms with Crippen LogP contribution in [0.5, 0.6) is 5.75 Å². The number of hydrogen-bond acceptors (Lipinski definition) is 6. The van der Waals surface area contributed by atoms with Crippen LogP contribution in [0.15, 0.2) is 22.7 Å². The molecule has 1 heterocycles. The van der Waals surface area contributed by atoms with Crippen LogP contribution < -0.4 is 20.3 Å². The largest absolute Gasteiger partial charge is 0.573 e. The van der Waals surface area contributed by atoms with Crippen molar-refractivity contribution in [2.45, 2.75) is 76.2 Å². The molecule has 2 aromatic rings. The molecule has 0 bridgehead atoms. The summed E-state index contributed by atoms with van der Waals surface area (Å²) in [6.07, 6.45) is 4.17. The van der Waals surface area contributed by atoms with E-state index in [0.29, 0.717) is 35.1 Å². The van der Waals surface area contributed by atoms with Gasteiger partial charge in [-0.25, -0.2) is 4.98 Å². The standard InChI is InChI=1S/C25H33BrF3N5O/c1-34(2)23-20-5-3-4-6-21(20)32-24(33-23)31-19-11-9-18(10-12-19)30-14-13-16-7-8-17(26)15-22(16)35-25(27,28)29/h7-8,15,18-19,30H,3-6,9-14H2,1-2H3,(H,31,32,33)/t18-,19+. The molecule has 1 saturated carbocycles. The number of ether oxygens (including phenoxy) is 1. The SMILES string of the molecule is CN(C)c1nc(N[C@H]2CC[C@@H](NCCc3ccc(Br)cc3OC(F)(F)F)CC2)nc2c1CCCC2. The number of halogens is 4. The Bertz CT molecular complexity index is 1010. The molecular weight excluding hydrogens is 523 g/mol. The molecular formula is C25H33BrF3N5O. The molecule has 0 aliphatic heterocycles. The molecule has 6 nitrogen and oxygen atoms in total. The van der Waals surface area contributed by atoms with E-state index in [1.54, 1.807) is 12.1 Å². The third kappa shape index (κ3) is 7.22. The summed E-state index contributed by atoms with van der Waals surface area (Å²) >= 11 is 3.21. The highest BCUT2D eigenvalue weighted by atomic mass is 79.9. The van der Waals surface area contributed by atoms with Gasteiger partial charge in [-0.05, 0) is 82.0 Å². The molecule has 2 N–H and O–H groups in total. The maximum Gasteiger partial charge on any atom is 0.573 e. The Morgan fingerprint density at radius 2 is 1.77 bits per heavy atom. The highest BCUT2D eigenvalue weighted by Crippen LogP contribution is 2.31. The van der Waals surface area contributed by atoms with Gasteiger partial charge in [-0.3, -0.25) is 0 Å². The van der Waals surface area contributed by atoms with Crippen molar-refractivity contribution in [1.29, 1.82) is 0 Å². The molecule has 10 heteroatoms. The van der Waals surface area contributed by atoms with Crippen LogP contribution in [0.25, 0.3) is 0 Å². The highest BCUT2D eigenvalue weighted by Gasteiger charge is 2.32. The Labute approximate surface area is 213 Å². The van der Waals surface area contributed by atoms with Crippen molar-refractivity contribution in [3.8, 4) is 5.75 Å². The van der Waals surface area contributed by atoms with Crippen molar-refractivity contribution >= 4 is 27.7 Å². The van der Waals surface area contributed by atoms with Crippen molar-refractivity contribution in [2.75, 3.05) is 30.9 Å². The van der Waals surface area contributed by atoms with Crippen molar-refractivity contribution in [2.24, 2.45) is 0 Å². The van der Waals surface area contributed by atoms with E-state index in [9.17, 15) is 13.2 Å². The van der Waals surface area contributed by atoms with Gasteiger partial charge in [0.1, 0.15) is 11.6 Å². The number of aromatic nitrogens is 2. The minimum absolute atomic E-state index is 0.149. The highest BCUT2D eigenvalue weighted by molar-refractivity contribution is 9.10. The van der Waals surface area contributed by atoms with Crippen LogP contribution in [0.1, 0.15) is 55.3 Å². The molecule has 0 amide bonds. The maximum atomic E-state index is 12.7. The molecule has 0 unspecified atom stereocenters. The second-order valence-corrected chi connectivity index (χ2v) is 10.5. The smallest absolute Gasteiger partial charge is 0.405 e. The molecule has 0 atom stereocenters. The summed E-state index contributed by atoms with van der Waals surface area (Å²) in [4.78, 5) is 11.7. The second kappa shape index (κ2) is 11.3. The normalized spacial score (nSPS) is 20.3. The topological polar surface area (TPSA) is 62.3 Å². The number of aryl methyl sites for hydroxylation is 1. The fourth-order valence-electron chi connectivity index (χ4n) is 5.00. The minimum Gasteiger partial charge on any atom is -0.405 e. The zero-order valence-corrected chi connectivity index (χ0v) is 21.8. The molecule has 35 heavy (non-hydrogen) atoms. The second-order valence-electron chi connectivity index (χ2n) is 9.59. The van der Waals surface area contributed by atoms with Crippen molar-refractivity contribution in [1.82, 2.24) is 15.3 Å². The van der Waals surface area contributed by atoms with Crippen molar-refractivity contribution < 1.29 is 17.9 Å². The van der Waals surface area contributed by atoms with Crippen LogP contribution >= 0.6 is 15.9 Å². The van der Waals surface area contributed by atoms with Gasteiger partial charge in [0, 0.05) is 36.2 Å². The summed E-state index contributed by atoms with van der Waals surface area (Å²) in [5.74, 6) is 1.59. The summed E-state index contributed by atoms with van der Waals surface area (Å²) < 4.78 is 43.0. The van der Waals surface area contributed by atoms with Gasteiger partial charge >= 0.3 is 6.36 Å². The number of fused-ring (bicyclic) bond motifs is 1. The molecule has 1 aromatic heterocycles. The van der Waals surface area contributed by atoms with Gasteiger partial charge in [0.25, 0.3) is 0 Å². The first kappa shape index (κ1) is 26.0. The van der Waals surface area contributed by atoms with Gasteiger partial charge in [-0.2, -0.15) is 4.98 Å². The lowest BCUT2D eigenvalue weighted by Gasteiger charge is -2.30. The predicted molar refractivity (Wildman–Crippen MR) is 135 cm³/mol. The third-order valence-electron chi connectivity index (χ3n) is 6.73. The third-order valence-corrected chi connectivity index (χ3v) is 7.22. The maximum absolute atomic E-state index is 12.7. The van der Waals surface area contributed by atoms with Crippen LogP contribution in [0.4, 0.5) is 24.9 Å². The first-order chi connectivity index (χ1) is 16.7. The number of nitrogens with zero attached hydrogens (tertiary/aromatic N) is 3. The molecule has 0 saturated heterocycles. The molecule has 0 spiro atoms. The summed E-state index contributed by atoms with van der Waals surface area (Å²) in [5, 5.41) is 7.07. The molecule has 1 aromatic carbocycles. The quantitative estimate of drug-likeness (QED) is 0.439. The lowest BCUT2D eigenvalue weighted by Crippen LogP contribution is -2.38. The van der Waals surface area contributed by atoms with Gasteiger partial charge < -0.3 is 20.3 Å². The van der Waals surface area contributed by atoms with E-state index in [1.165, 1.54) is 30.2 Å². The average Bonchev–Trinajstić information content (AvgIpc) is 2.80. The van der Waals surface area contributed by atoms with E-state index in [0.717, 1.165) is 50.3 Å². The fourth-order valence-corrected chi connectivity index (χ4v) is 5.34. The molecule has 2 aliphatic rings.